The molecule has 2 aromatic rings. The molecular weight excluding hydrogens is 448 g/mol. The van der Waals surface area contributed by atoms with Crippen molar-refractivity contribution in [3.05, 3.63) is 54.2 Å². The van der Waals surface area contributed by atoms with Crippen LogP contribution >= 0.6 is 0 Å². The number of allylic oxidation sites excluding steroid dienone is 2. The number of carbonyl (C=O) groups is 4. The summed E-state index contributed by atoms with van der Waals surface area (Å²) in [5.74, 6) is -2.50. The Balaban J connectivity index is 1.41. The first-order valence-electron chi connectivity index (χ1n) is 11.7. The number of benzene rings is 1. The van der Waals surface area contributed by atoms with Gasteiger partial charge < -0.3 is 10.1 Å². The number of likely N-dealkylation sites (tertiary alicyclic amines) is 1. The first kappa shape index (κ1) is 24.4. The quantitative estimate of drug-likeness (QED) is 0.388. The maximum Gasteiger partial charge on any atom is 0.329 e. The number of anilines is 1. The average Bonchev–Trinajstić information content (AvgIpc) is 3.37. The van der Waals surface area contributed by atoms with Crippen LogP contribution in [-0.4, -0.2) is 51.0 Å². The van der Waals surface area contributed by atoms with Crippen LogP contribution in [0.1, 0.15) is 46.2 Å². The molecule has 1 saturated heterocycles. The Hall–Kier alpha value is -3.75. The molecule has 4 rings (SSSR count). The minimum absolute atomic E-state index is 0.247. The van der Waals surface area contributed by atoms with Crippen LogP contribution in [0, 0.1) is 11.8 Å². The molecule has 0 saturated carbocycles. The molecule has 2 heterocycles. The summed E-state index contributed by atoms with van der Waals surface area (Å²) in [5, 5.41) is 7.39. The van der Waals surface area contributed by atoms with Gasteiger partial charge in [-0.1, -0.05) is 51.1 Å². The average molecular weight is 479 g/mol. The smallest absolute Gasteiger partial charge is 0.329 e. The van der Waals surface area contributed by atoms with Crippen LogP contribution in [0.3, 0.4) is 0 Å². The summed E-state index contributed by atoms with van der Waals surface area (Å²) in [5.41, 5.74) is 1.30. The van der Waals surface area contributed by atoms with E-state index in [-0.39, 0.29) is 17.2 Å². The summed E-state index contributed by atoms with van der Waals surface area (Å²) in [6.07, 6.45) is 4.74. The highest BCUT2D eigenvalue weighted by Gasteiger charge is 2.50. The van der Waals surface area contributed by atoms with Gasteiger partial charge >= 0.3 is 5.97 Å². The fourth-order valence-corrected chi connectivity index (χ4v) is 4.35. The van der Waals surface area contributed by atoms with Gasteiger partial charge in [-0.3, -0.25) is 19.3 Å². The predicted molar refractivity (Wildman–Crippen MR) is 129 cm³/mol. The fourth-order valence-electron chi connectivity index (χ4n) is 4.35. The molecule has 35 heavy (non-hydrogen) atoms. The summed E-state index contributed by atoms with van der Waals surface area (Å²) in [6, 6.07) is 10.0. The number of para-hydroxylation sites is 1. The van der Waals surface area contributed by atoms with Gasteiger partial charge in [-0.2, -0.15) is 5.10 Å². The summed E-state index contributed by atoms with van der Waals surface area (Å²) >= 11 is 0. The van der Waals surface area contributed by atoms with E-state index in [0.717, 1.165) is 16.3 Å². The van der Waals surface area contributed by atoms with Crippen molar-refractivity contribution in [2.45, 2.75) is 52.0 Å². The molecule has 1 aromatic carbocycles. The molecule has 1 aromatic heterocycles. The number of aromatic nitrogens is 2. The molecule has 0 spiro atoms. The number of imide groups is 1. The Labute approximate surface area is 204 Å². The SMILES string of the molecule is C[C@@H](C(=O)OCC(=O)Nc1cc(C(C)(C)C)nn1-c1ccccc1)N1C(=O)[C@H]2CC=CC[C@@H]2C1=O. The molecule has 3 atom stereocenters. The minimum Gasteiger partial charge on any atom is -0.454 e. The third-order valence-corrected chi connectivity index (χ3v) is 6.36. The normalized spacial score (nSPS) is 20.5. The zero-order valence-corrected chi connectivity index (χ0v) is 20.4. The second-order valence-corrected chi connectivity index (χ2v) is 9.95. The number of hydrogen-bond acceptors (Lipinski definition) is 6. The van der Waals surface area contributed by atoms with E-state index in [1.165, 1.54) is 6.92 Å². The first-order valence-corrected chi connectivity index (χ1v) is 11.7. The van der Waals surface area contributed by atoms with Crippen LogP contribution < -0.4 is 5.32 Å². The second-order valence-electron chi connectivity index (χ2n) is 9.95. The molecule has 1 N–H and O–H groups in total. The lowest BCUT2D eigenvalue weighted by atomic mass is 9.85. The molecule has 0 unspecified atom stereocenters. The van der Waals surface area contributed by atoms with Gasteiger partial charge in [-0.25, -0.2) is 9.48 Å². The summed E-state index contributed by atoms with van der Waals surface area (Å²) in [6.45, 7) is 6.95. The standard InChI is InChI=1S/C26H30N4O5/c1-16(29-23(32)18-12-8-9-13-19(18)24(29)33)25(34)35-15-22(31)27-21-14-20(26(2,3)4)28-30(21)17-10-6-5-7-11-17/h5-11,14,16,18-19H,12-13,15H2,1-4H3,(H,27,31)/t16-,18-,19-/m0/s1. The Morgan fingerprint density at radius 2 is 1.69 bits per heavy atom. The number of ether oxygens (including phenoxy) is 1. The summed E-state index contributed by atoms with van der Waals surface area (Å²) in [7, 11) is 0. The number of hydrogen-bond donors (Lipinski definition) is 1. The van der Waals surface area contributed by atoms with Crippen molar-refractivity contribution >= 4 is 29.5 Å². The lowest BCUT2D eigenvalue weighted by molar-refractivity contribution is -0.159. The lowest BCUT2D eigenvalue weighted by Crippen LogP contribution is -2.45. The van der Waals surface area contributed by atoms with Gasteiger partial charge in [0.25, 0.3) is 5.91 Å². The highest BCUT2D eigenvalue weighted by atomic mass is 16.5. The largest absolute Gasteiger partial charge is 0.454 e. The van der Waals surface area contributed by atoms with Crippen molar-refractivity contribution in [2.75, 3.05) is 11.9 Å². The van der Waals surface area contributed by atoms with Crippen molar-refractivity contribution in [3.8, 4) is 5.69 Å². The molecule has 2 aliphatic rings. The number of nitrogens with one attached hydrogen (secondary N) is 1. The molecule has 0 radical (unpaired) electrons. The zero-order valence-electron chi connectivity index (χ0n) is 20.4. The van der Waals surface area contributed by atoms with Gasteiger partial charge in [0.2, 0.25) is 11.8 Å². The van der Waals surface area contributed by atoms with E-state index >= 15 is 0 Å². The van der Waals surface area contributed by atoms with Gasteiger partial charge in [-0.05, 0) is 31.9 Å². The van der Waals surface area contributed by atoms with Crippen molar-refractivity contribution < 1.29 is 23.9 Å². The predicted octanol–water partition coefficient (Wildman–Crippen LogP) is 2.99. The molecule has 9 nitrogen and oxygen atoms in total. The Kier molecular flexibility index (Phi) is 6.60. The molecular formula is C26H30N4O5. The highest BCUT2D eigenvalue weighted by molar-refractivity contribution is 6.08. The monoisotopic (exact) mass is 478 g/mol. The van der Waals surface area contributed by atoms with Crippen LogP contribution in [0.2, 0.25) is 0 Å². The van der Waals surface area contributed by atoms with Crippen molar-refractivity contribution in [1.82, 2.24) is 14.7 Å². The Morgan fingerprint density at radius 3 is 2.26 bits per heavy atom. The summed E-state index contributed by atoms with van der Waals surface area (Å²) < 4.78 is 6.80. The van der Waals surface area contributed by atoms with Crippen LogP contribution in [0.5, 0.6) is 0 Å². The van der Waals surface area contributed by atoms with E-state index < -0.39 is 36.4 Å². The number of nitrogens with zero attached hydrogens (tertiary/aromatic N) is 3. The van der Waals surface area contributed by atoms with E-state index in [2.05, 4.69) is 10.4 Å². The van der Waals surface area contributed by atoms with Crippen LogP contribution in [0.4, 0.5) is 5.82 Å². The Bertz CT molecular complexity index is 1150. The molecule has 1 aliphatic heterocycles. The molecule has 0 bridgehead atoms. The number of rotatable bonds is 6. The molecule has 3 amide bonds. The van der Waals surface area contributed by atoms with E-state index in [1.807, 2.05) is 63.3 Å². The highest BCUT2D eigenvalue weighted by Crippen LogP contribution is 2.36. The maximum atomic E-state index is 12.7. The van der Waals surface area contributed by atoms with Crippen LogP contribution in [-0.2, 0) is 29.3 Å². The van der Waals surface area contributed by atoms with Gasteiger partial charge in [0.15, 0.2) is 6.61 Å². The van der Waals surface area contributed by atoms with Gasteiger partial charge in [-0.15, -0.1) is 0 Å². The third kappa shape index (κ3) is 4.89. The second kappa shape index (κ2) is 9.48. The van der Waals surface area contributed by atoms with Gasteiger partial charge in [0, 0.05) is 11.5 Å². The number of fused-ring (bicyclic) bond motifs is 1. The maximum absolute atomic E-state index is 12.7. The first-order chi connectivity index (χ1) is 16.6. The molecule has 1 fully saturated rings. The molecule has 184 valence electrons. The number of amides is 3. The van der Waals surface area contributed by atoms with E-state index in [9.17, 15) is 19.2 Å². The summed E-state index contributed by atoms with van der Waals surface area (Å²) in [4.78, 5) is 51.7. The number of carbonyl (C=O) groups excluding carboxylic acids is 4. The third-order valence-electron chi connectivity index (χ3n) is 6.36. The van der Waals surface area contributed by atoms with Crippen LogP contribution in [0.25, 0.3) is 5.69 Å². The number of esters is 1. The van der Waals surface area contributed by atoms with Crippen molar-refractivity contribution in [3.63, 3.8) is 0 Å². The minimum atomic E-state index is -1.10. The molecule has 9 heteroatoms. The molecule has 1 aliphatic carbocycles. The topological polar surface area (TPSA) is 111 Å². The fraction of sp³-hybridized carbons (Fsp3) is 0.423. The lowest BCUT2D eigenvalue weighted by Gasteiger charge is -2.21. The van der Waals surface area contributed by atoms with Gasteiger partial charge in [0.05, 0.1) is 23.2 Å². The Morgan fingerprint density at radius 1 is 1.09 bits per heavy atom. The van der Waals surface area contributed by atoms with E-state index in [4.69, 9.17) is 4.74 Å². The van der Waals surface area contributed by atoms with E-state index in [1.54, 1.807) is 10.7 Å². The zero-order chi connectivity index (χ0) is 25.3. The van der Waals surface area contributed by atoms with Gasteiger partial charge in [0.1, 0.15) is 11.9 Å². The van der Waals surface area contributed by atoms with Crippen molar-refractivity contribution in [1.29, 1.82) is 0 Å². The van der Waals surface area contributed by atoms with E-state index in [0.29, 0.717) is 18.7 Å². The van der Waals surface area contributed by atoms with Crippen LogP contribution in [0.15, 0.2) is 48.6 Å². The van der Waals surface area contributed by atoms with Crippen molar-refractivity contribution in [2.24, 2.45) is 11.8 Å².